The van der Waals surface area contributed by atoms with Gasteiger partial charge in [0, 0.05) is 16.7 Å². The first-order valence-corrected chi connectivity index (χ1v) is 25.7. The summed E-state index contributed by atoms with van der Waals surface area (Å²) in [5.41, 5.74) is 8.59. The maximum Gasteiger partial charge on any atom is 0.128 e. The van der Waals surface area contributed by atoms with E-state index in [-0.39, 0.29) is 19.8 Å². The molecular weight excluding hydrogens is 967 g/mol. The van der Waals surface area contributed by atoms with Crippen LogP contribution >= 0.6 is 0 Å². The molecule has 0 spiro atoms. The Bertz CT molecular complexity index is 3230. The van der Waals surface area contributed by atoms with Gasteiger partial charge in [-0.1, -0.05) is 153 Å². The SMILES string of the molecule is CCC(COc1ccc(OC)cc1C(=C=Nc1ccccc1)c1ccccc1)(COc1ccc(OC)cc1C(=C=Nc1ccccc1)c1ccccc1)COc1ccc(OC)cc1C(=C=Nc1ccccc1)c1ccccc1. The van der Waals surface area contributed by atoms with Crippen molar-refractivity contribution in [2.45, 2.75) is 13.3 Å². The molecule has 0 atom stereocenters. The highest BCUT2D eigenvalue weighted by Gasteiger charge is 2.34. The topological polar surface area (TPSA) is 92.5 Å². The molecule has 0 fully saturated rings. The van der Waals surface area contributed by atoms with Gasteiger partial charge in [-0.3, -0.25) is 0 Å². The molecule has 0 aromatic heterocycles. The minimum absolute atomic E-state index is 0.158. The summed E-state index contributed by atoms with van der Waals surface area (Å²) in [4.78, 5) is 14.4. The first-order valence-electron chi connectivity index (χ1n) is 25.7. The van der Waals surface area contributed by atoms with Crippen LogP contribution in [0.4, 0.5) is 17.1 Å². The molecule has 9 aromatic rings. The standard InChI is InChI=1S/C69H59N3O6/c1-5-69(48-76-66-39-36-57(73-2)42-60(66)63(51-24-12-6-13-25-51)45-70-54-30-18-9-19-31-54,49-77-67-40-37-58(74-3)43-61(67)64(52-26-14-7-15-27-52)46-71-55-32-20-10-21-33-55)50-78-68-41-38-59(75-4)44-62(68)65(53-28-16-8-17-29-53)47-72-56-34-22-11-23-35-56/h6-44H,5,48-50H2,1-4H3. The second-order valence-corrected chi connectivity index (χ2v) is 18.2. The number of nitrogens with zero attached hydrogens (tertiary/aromatic N) is 3. The lowest BCUT2D eigenvalue weighted by atomic mass is 9.87. The van der Waals surface area contributed by atoms with Crippen LogP contribution in [0.3, 0.4) is 0 Å². The molecule has 9 nitrogen and oxygen atoms in total. The Hall–Kier alpha value is -9.87. The summed E-state index contributed by atoms with van der Waals surface area (Å²) < 4.78 is 38.9. The van der Waals surface area contributed by atoms with Crippen LogP contribution in [0.15, 0.2) is 252 Å². The molecule has 9 heteroatoms. The molecule has 0 N–H and O–H groups in total. The predicted octanol–water partition coefficient (Wildman–Crippen LogP) is 15.9. The van der Waals surface area contributed by atoms with Crippen LogP contribution in [-0.4, -0.2) is 58.8 Å². The maximum atomic E-state index is 7.14. The third-order valence-electron chi connectivity index (χ3n) is 13.1. The lowest BCUT2D eigenvalue weighted by Gasteiger charge is -2.33. The van der Waals surface area contributed by atoms with Crippen LogP contribution in [0.25, 0.3) is 16.7 Å². The molecule has 0 radical (unpaired) electrons. The van der Waals surface area contributed by atoms with Crippen molar-refractivity contribution in [2.24, 2.45) is 20.4 Å². The van der Waals surface area contributed by atoms with E-state index in [2.05, 4.69) is 24.5 Å². The summed E-state index contributed by atoms with van der Waals surface area (Å²) in [6.07, 6.45) is 0.569. The second-order valence-electron chi connectivity index (χ2n) is 18.2. The summed E-state index contributed by atoms with van der Waals surface area (Å²) in [7, 11) is 4.96. The van der Waals surface area contributed by atoms with Gasteiger partial charge in [-0.15, -0.1) is 0 Å². The van der Waals surface area contributed by atoms with Crippen molar-refractivity contribution in [3.63, 3.8) is 0 Å². The van der Waals surface area contributed by atoms with Crippen molar-refractivity contribution in [2.75, 3.05) is 41.2 Å². The van der Waals surface area contributed by atoms with E-state index in [0.717, 1.165) is 67.2 Å². The molecule has 0 bridgehead atoms. The molecular formula is C69H59N3O6. The van der Waals surface area contributed by atoms with E-state index in [9.17, 15) is 0 Å². The van der Waals surface area contributed by atoms with E-state index >= 15 is 0 Å². The number of ether oxygens (including phenoxy) is 6. The van der Waals surface area contributed by atoms with Crippen LogP contribution in [0.1, 0.15) is 46.7 Å². The van der Waals surface area contributed by atoms with Gasteiger partial charge in [0.05, 0.1) is 60.5 Å². The average molecular weight is 1030 g/mol. The fraction of sp³-hybridized carbons (Fsp3) is 0.130. The normalized spacial score (nSPS) is 11.2. The monoisotopic (exact) mass is 1030 g/mol. The Morgan fingerprint density at radius 1 is 0.346 bits per heavy atom. The molecule has 0 aliphatic rings. The van der Waals surface area contributed by atoms with Crippen molar-refractivity contribution in [3.05, 3.63) is 270 Å². The molecule has 386 valence electrons. The van der Waals surface area contributed by atoms with Gasteiger partial charge in [0.2, 0.25) is 0 Å². The Morgan fingerprint density at radius 3 is 0.846 bits per heavy atom. The van der Waals surface area contributed by atoms with E-state index in [0.29, 0.717) is 40.9 Å². The van der Waals surface area contributed by atoms with Crippen LogP contribution in [0.5, 0.6) is 34.5 Å². The average Bonchev–Trinajstić information content (AvgIpc) is 3.51. The third kappa shape index (κ3) is 13.7. The number of para-hydroxylation sites is 3. The summed E-state index contributed by atoms with van der Waals surface area (Å²) in [6, 6.07) is 76.8. The highest BCUT2D eigenvalue weighted by atomic mass is 16.5. The van der Waals surface area contributed by atoms with Gasteiger partial charge < -0.3 is 28.4 Å². The Kier molecular flexibility index (Phi) is 18.0. The number of rotatable bonds is 22. The number of benzene rings is 9. The summed E-state index contributed by atoms with van der Waals surface area (Å²) in [5.74, 6) is 13.9. The number of methoxy groups -OCH3 is 3. The molecule has 0 heterocycles. The van der Waals surface area contributed by atoms with Gasteiger partial charge in [0.15, 0.2) is 0 Å². The van der Waals surface area contributed by atoms with Gasteiger partial charge in [-0.25, -0.2) is 15.0 Å². The molecule has 0 saturated carbocycles. The zero-order valence-corrected chi connectivity index (χ0v) is 44.1. The Balaban J connectivity index is 1.16. The molecule has 9 aromatic carbocycles. The number of aliphatic imine (C=N–C) groups is 3. The summed E-state index contributed by atoms with van der Waals surface area (Å²) in [5, 5.41) is 0. The van der Waals surface area contributed by atoms with Gasteiger partial charge in [-0.2, -0.15) is 0 Å². The number of hydrogen-bond donors (Lipinski definition) is 0. The van der Waals surface area contributed by atoms with Crippen LogP contribution in [-0.2, 0) is 0 Å². The predicted molar refractivity (Wildman–Crippen MR) is 316 cm³/mol. The minimum Gasteiger partial charge on any atom is -0.497 e. The molecule has 0 unspecified atom stereocenters. The van der Waals surface area contributed by atoms with E-state index in [1.165, 1.54) is 0 Å². The molecule has 0 aliphatic heterocycles. The Labute approximate surface area is 457 Å². The highest BCUT2D eigenvalue weighted by Crippen LogP contribution is 2.40. The van der Waals surface area contributed by atoms with Gasteiger partial charge in [-0.05, 0) is 132 Å². The molecule has 9 rings (SSSR count). The fourth-order valence-corrected chi connectivity index (χ4v) is 8.52. The minimum atomic E-state index is -0.816. The van der Waals surface area contributed by atoms with Crippen LogP contribution in [0.2, 0.25) is 0 Å². The van der Waals surface area contributed by atoms with Crippen molar-refractivity contribution in [1.29, 1.82) is 0 Å². The van der Waals surface area contributed by atoms with E-state index in [1.807, 2.05) is 237 Å². The van der Waals surface area contributed by atoms with Crippen molar-refractivity contribution < 1.29 is 28.4 Å². The lowest BCUT2D eigenvalue weighted by Crippen LogP contribution is -2.40. The second kappa shape index (κ2) is 26.6. The smallest absolute Gasteiger partial charge is 0.128 e. The van der Waals surface area contributed by atoms with Crippen LogP contribution < -0.4 is 28.4 Å². The maximum absolute atomic E-state index is 7.14. The lowest BCUT2D eigenvalue weighted by molar-refractivity contribution is 0.0290. The van der Waals surface area contributed by atoms with E-state index in [1.54, 1.807) is 21.3 Å². The highest BCUT2D eigenvalue weighted by molar-refractivity contribution is 6.03. The van der Waals surface area contributed by atoms with Crippen molar-refractivity contribution in [1.82, 2.24) is 0 Å². The van der Waals surface area contributed by atoms with Crippen LogP contribution in [0, 0.1) is 5.41 Å². The zero-order chi connectivity index (χ0) is 53.8. The first-order chi connectivity index (χ1) is 38.4. The van der Waals surface area contributed by atoms with Gasteiger partial charge in [0.25, 0.3) is 0 Å². The number of hydrogen-bond acceptors (Lipinski definition) is 9. The molecule has 0 aliphatic carbocycles. The van der Waals surface area contributed by atoms with E-state index < -0.39 is 5.41 Å². The van der Waals surface area contributed by atoms with Crippen molar-refractivity contribution >= 4 is 51.4 Å². The molecule has 78 heavy (non-hydrogen) atoms. The van der Waals surface area contributed by atoms with Crippen molar-refractivity contribution in [3.8, 4) is 34.5 Å². The third-order valence-corrected chi connectivity index (χ3v) is 13.1. The summed E-state index contributed by atoms with van der Waals surface area (Å²) >= 11 is 0. The molecule has 0 amide bonds. The Morgan fingerprint density at radius 2 is 0.603 bits per heavy atom. The largest absolute Gasteiger partial charge is 0.497 e. The first kappa shape index (κ1) is 53.0. The zero-order valence-electron chi connectivity index (χ0n) is 44.1. The summed E-state index contributed by atoms with van der Waals surface area (Å²) in [6.45, 7) is 2.60. The van der Waals surface area contributed by atoms with Gasteiger partial charge in [0.1, 0.15) is 54.3 Å². The van der Waals surface area contributed by atoms with E-state index in [4.69, 9.17) is 43.4 Å². The molecule has 0 saturated heterocycles. The quantitative estimate of drug-likeness (QED) is 0.0628. The van der Waals surface area contributed by atoms with Gasteiger partial charge >= 0.3 is 0 Å². The fourth-order valence-electron chi connectivity index (χ4n) is 8.52.